The van der Waals surface area contributed by atoms with Gasteiger partial charge in [0.2, 0.25) is 5.89 Å². The van der Waals surface area contributed by atoms with Crippen molar-refractivity contribution in [1.29, 1.82) is 0 Å². The van der Waals surface area contributed by atoms with E-state index in [1.54, 1.807) is 19.2 Å². The molecule has 0 spiro atoms. The van der Waals surface area contributed by atoms with Gasteiger partial charge in [-0.15, -0.1) is 0 Å². The Balaban J connectivity index is 1.79. The molecule has 27 heavy (non-hydrogen) atoms. The van der Waals surface area contributed by atoms with Crippen molar-refractivity contribution in [2.24, 2.45) is 0 Å². The molecule has 3 aromatic carbocycles. The van der Waals surface area contributed by atoms with Gasteiger partial charge in [-0.05, 0) is 23.3 Å². The molecule has 5 heteroatoms. The number of nitrogens with zero attached hydrogens (tertiary/aromatic N) is 1. The summed E-state index contributed by atoms with van der Waals surface area (Å²) in [7, 11) is 3.06. The van der Waals surface area contributed by atoms with Gasteiger partial charge in [0.25, 0.3) is 0 Å². The van der Waals surface area contributed by atoms with E-state index in [4.69, 9.17) is 13.9 Å². The highest BCUT2D eigenvalue weighted by Crippen LogP contribution is 2.31. The van der Waals surface area contributed by atoms with Crippen molar-refractivity contribution >= 4 is 10.9 Å². The van der Waals surface area contributed by atoms with Crippen LogP contribution in [0, 0.1) is 0 Å². The molecule has 0 fully saturated rings. The Labute approximate surface area is 155 Å². The molecular weight excluding hydrogens is 342 g/mol. The first-order valence-electron chi connectivity index (χ1n) is 8.42. The predicted octanol–water partition coefficient (Wildman–Crippen LogP) is 4.54. The summed E-state index contributed by atoms with van der Waals surface area (Å²) < 4.78 is 16.0. The Morgan fingerprint density at radius 2 is 1.37 bits per heavy atom. The van der Waals surface area contributed by atoms with Gasteiger partial charge in [-0.3, -0.25) is 0 Å². The number of benzene rings is 3. The molecule has 0 aliphatic rings. The Morgan fingerprint density at radius 3 is 2.04 bits per heavy atom. The van der Waals surface area contributed by atoms with E-state index in [9.17, 15) is 4.79 Å². The molecule has 0 saturated carbocycles. The molecule has 0 bridgehead atoms. The van der Waals surface area contributed by atoms with Crippen LogP contribution in [-0.2, 0) is 0 Å². The lowest BCUT2D eigenvalue weighted by Gasteiger charge is -2.09. The maximum atomic E-state index is 12.4. The minimum atomic E-state index is -0.469. The molecule has 0 radical (unpaired) electrons. The summed E-state index contributed by atoms with van der Waals surface area (Å²) in [6.45, 7) is 0. The van der Waals surface area contributed by atoms with Crippen molar-refractivity contribution in [3.05, 3.63) is 77.2 Å². The second-order valence-corrected chi connectivity index (χ2v) is 5.97. The number of methoxy groups -OCH3 is 2. The largest absolute Gasteiger partial charge is 0.493 e. The lowest BCUT2D eigenvalue weighted by molar-refractivity contribution is 0.355. The summed E-state index contributed by atoms with van der Waals surface area (Å²) in [5.74, 6) is 1.23. The van der Waals surface area contributed by atoms with Gasteiger partial charge in [0.15, 0.2) is 11.5 Å². The van der Waals surface area contributed by atoms with Crippen LogP contribution in [0.5, 0.6) is 11.5 Å². The highest BCUT2D eigenvalue weighted by Gasteiger charge is 2.13. The van der Waals surface area contributed by atoms with Crippen LogP contribution in [0.15, 0.2) is 75.9 Å². The first kappa shape index (κ1) is 16.8. The predicted molar refractivity (Wildman–Crippen MR) is 104 cm³/mol. The average Bonchev–Trinajstić information content (AvgIpc) is 2.73. The van der Waals surface area contributed by atoms with Crippen LogP contribution >= 0.6 is 0 Å². The Kier molecular flexibility index (Phi) is 4.34. The van der Waals surface area contributed by atoms with Gasteiger partial charge in [-0.1, -0.05) is 42.5 Å². The molecule has 4 rings (SSSR count). The van der Waals surface area contributed by atoms with Gasteiger partial charge in [-0.2, -0.15) is 0 Å². The number of hydrogen-bond donors (Lipinski definition) is 0. The molecule has 4 aromatic rings. The third kappa shape index (κ3) is 3.15. The Bertz CT molecular complexity index is 1150. The zero-order chi connectivity index (χ0) is 18.8. The fourth-order valence-electron chi connectivity index (χ4n) is 2.96. The van der Waals surface area contributed by atoms with E-state index in [1.807, 2.05) is 54.6 Å². The summed E-state index contributed by atoms with van der Waals surface area (Å²) in [6.07, 6.45) is 0. The van der Waals surface area contributed by atoms with Crippen LogP contribution in [0.1, 0.15) is 0 Å². The summed E-state index contributed by atoms with van der Waals surface area (Å²) in [5, 5.41) is 0.345. The molecular formula is C22H17NO4. The molecule has 0 saturated heterocycles. The zero-order valence-corrected chi connectivity index (χ0v) is 14.9. The van der Waals surface area contributed by atoms with E-state index in [-0.39, 0.29) is 5.89 Å². The monoisotopic (exact) mass is 359 g/mol. The summed E-state index contributed by atoms with van der Waals surface area (Å²) in [4.78, 5) is 16.9. The smallest absolute Gasteiger partial charge is 0.347 e. The van der Waals surface area contributed by atoms with E-state index >= 15 is 0 Å². The summed E-state index contributed by atoms with van der Waals surface area (Å²) in [6, 6.07) is 21.0. The average molecular weight is 359 g/mol. The van der Waals surface area contributed by atoms with Gasteiger partial charge in [0.05, 0.1) is 25.1 Å². The fraction of sp³-hybridized carbons (Fsp3) is 0.0909. The highest BCUT2D eigenvalue weighted by molar-refractivity contribution is 5.82. The lowest BCUT2D eigenvalue weighted by atomic mass is 10.0. The van der Waals surface area contributed by atoms with Crippen LogP contribution in [-0.4, -0.2) is 19.2 Å². The van der Waals surface area contributed by atoms with Crippen LogP contribution in [0.25, 0.3) is 33.5 Å². The first-order chi connectivity index (χ1) is 13.2. The second-order valence-electron chi connectivity index (χ2n) is 5.97. The molecule has 134 valence electrons. The molecule has 0 N–H and O–H groups in total. The third-order valence-corrected chi connectivity index (χ3v) is 4.37. The van der Waals surface area contributed by atoms with Gasteiger partial charge < -0.3 is 13.9 Å². The van der Waals surface area contributed by atoms with Gasteiger partial charge in [-0.25, -0.2) is 9.78 Å². The van der Waals surface area contributed by atoms with E-state index in [0.29, 0.717) is 22.4 Å². The Hall–Kier alpha value is -3.60. The maximum Gasteiger partial charge on any atom is 0.347 e. The second kappa shape index (κ2) is 6.96. The molecule has 0 atom stereocenters. The third-order valence-electron chi connectivity index (χ3n) is 4.37. The fourth-order valence-corrected chi connectivity index (χ4v) is 2.96. The van der Waals surface area contributed by atoms with Crippen molar-refractivity contribution in [1.82, 2.24) is 4.98 Å². The molecule has 1 heterocycles. The Morgan fingerprint density at radius 1 is 0.778 bits per heavy atom. The van der Waals surface area contributed by atoms with Crippen LogP contribution in [0.4, 0.5) is 0 Å². The normalized spacial score (nSPS) is 10.7. The molecule has 0 unspecified atom stereocenters. The number of fused-ring (bicyclic) bond motifs is 1. The SMILES string of the molecule is COc1cc2nc(-c3ccc(-c4ccccc4)cc3)oc(=O)c2cc1OC. The van der Waals surface area contributed by atoms with Crippen LogP contribution < -0.4 is 15.1 Å². The molecule has 0 aliphatic heterocycles. The topological polar surface area (TPSA) is 61.6 Å². The van der Waals surface area contributed by atoms with Crippen molar-refractivity contribution in [2.75, 3.05) is 14.2 Å². The molecule has 1 aromatic heterocycles. The van der Waals surface area contributed by atoms with Crippen molar-refractivity contribution in [2.45, 2.75) is 0 Å². The summed E-state index contributed by atoms with van der Waals surface area (Å²) in [5.41, 5.74) is 2.94. The van der Waals surface area contributed by atoms with Crippen molar-refractivity contribution in [3.63, 3.8) is 0 Å². The molecule has 0 amide bonds. The van der Waals surface area contributed by atoms with E-state index in [1.165, 1.54) is 7.11 Å². The minimum Gasteiger partial charge on any atom is -0.493 e. The van der Waals surface area contributed by atoms with Crippen molar-refractivity contribution in [3.8, 4) is 34.1 Å². The van der Waals surface area contributed by atoms with Gasteiger partial charge in [0.1, 0.15) is 0 Å². The van der Waals surface area contributed by atoms with Gasteiger partial charge in [0, 0.05) is 17.7 Å². The van der Waals surface area contributed by atoms with E-state index < -0.39 is 5.63 Å². The van der Waals surface area contributed by atoms with Crippen LogP contribution in [0.3, 0.4) is 0 Å². The molecule has 5 nitrogen and oxygen atoms in total. The van der Waals surface area contributed by atoms with Gasteiger partial charge >= 0.3 is 5.63 Å². The van der Waals surface area contributed by atoms with E-state index in [0.717, 1.165) is 16.7 Å². The summed E-state index contributed by atoms with van der Waals surface area (Å²) >= 11 is 0. The van der Waals surface area contributed by atoms with Crippen molar-refractivity contribution < 1.29 is 13.9 Å². The number of rotatable bonds is 4. The maximum absolute atomic E-state index is 12.4. The quantitative estimate of drug-likeness (QED) is 0.535. The lowest BCUT2D eigenvalue weighted by Crippen LogP contribution is -2.04. The number of ether oxygens (including phenoxy) is 2. The molecule has 0 aliphatic carbocycles. The minimum absolute atomic E-state index is 0.263. The first-order valence-corrected chi connectivity index (χ1v) is 8.42. The van der Waals surface area contributed by atoms with E-state index in [2.05, 4.69) is 4.98 Å². The number of aromatic nitrogens is 1. The standard InChI is InChI=1S/C22H17NO4/c1-25-19-12-17-18(13-20(19)26-2)23-21(27-22(17)24)16-10-8-15(9-11-16)14-6-4-3-5-7-14/h3-13H,1-2H3. The highest BCUT2D eigenvalue weighted by atomic mass is 16.5. The van der Waals surface area contributed by atoms with Crippen LogP contribution in [0.2, 0.25) is 0 Å². The zero-order valence-electron chi connectivity index (χ0n) is 14.9. The number of hydrogen-bond acceptors (Lipinski definition) is 5.